The quantitative estimate of drug-likeness (QED) is 0.736. The van der Waals surface area contributed by atoms with Crippen LogP contribution < -0.4 is 5.32 Å². The molecule has 0 aliphatic carbocycles. The number of amides is 2. The second kappa shape index (κ2) is 5.27. The maximum Gasteiger partial charge on any atom is 0.322 e. The highest BCUT2D eigenvalue weighted by Crippen LogP contribution is 2.23. The number of fused-ring (bicyclic) bond motifs is 1. The Labute approximate surface area is 121 Å². The Balaban J connectivity index is 1.81. The van der Waals surface area contributed by atoms with E-state index in [0.29, 0.717) is 30.8 Å². The van der Waals surface area contributed by atoms with Crippen LogP contribution in [0.3, 0.4) is 0 Å². The fourth-order valence-corrected chi connectivity index (χ4v) is 2.71. The van der Waals surface area contributed by atoms with Gasteiger partial charge in [-0.1, -0.05) is 12.1 Å². The SMILES string of the molecule is O=C(O)C1CNCCN1CN1C(=O)c2ccccc2C1=O. The summed E-state index contributed by atoms with van der Waals surface area (Å²) >= 11 is 0. The van der Waals surface area contributed by atoms with Crippen LogP contribution in [0, 0.1) is 0 Å². The van der Waals surface area contributed by atoms with Gasteiger partial charge in [0.05, 0.1) is 17.8 Å². The van der Waals surface area contributed by atoms with E-state index in [1.54, 1.807) is 29.2 Å². The van der Waals surface area contributed by atoms with E-state index >= 15 is 0 Å². The molecule has 0 aromatic heterocycles. The Kier molecular flexibility index (Phi) is 3.44. The van der Waals surface area contributed by atoms with Crippen LogP contribution in [0.4, 0.5) is 0 Å². The zero-order valence-corrected chi connectivity index (χ0v) is 11.3. The summed E-state index contributed by atoms with van der Waals surface area (Å²) in [5.74, 6) is -1.68. The van der Waals surface area contributed by atoms with Crippen molar-refractivity contribution in [3.8, 4) is 0 Å². The number of rotatable bonds is 3. The molecule has 1 aromatic carbocycles. The molecule has 7 nitrogen and oxygen atoms in total. The number of carboxylic acids is 1. The highest BCUT2D eigenvalue weighted by Gasteiger charge is 2.38. The molecule has 7 heteroatoms. The first-order chi connectivity index (χ1) is 10.1. The van der Waals surface area contributed by atoms with E-state index in [2.05, 4.69) is 5.32 Å². The number of imide groups is 1. The summed E-state index contributed by atoms with van der Waals surface area (Å²) in [5.41, 5.74) is 0.758. The molecule has 1 fully saturated rings. The first-order valence-electron chi connectivity index (χ1n) is 6.72. The third-order valence-electron chi connectivity index (χ3n) is 3.84. The summed E-state index contributed by atoms with van der Waals surface area (Å²) in [7, 11) is 0. The van der Waals surface area contributed by atoms with Gasteiger partial charge in [0.15, 0.2) is 0 Å². The molecule has 0 saturated carbocycles. The zero-order chi connectivity index (χ0) is 15.0. The smallest absolute Gasteiger partial charge is 0.322 e. The van der Waals surface area contributed by atoms with Crippen molar-refractivity contribution in [1.82, 2.24) is 15.1 Å². The van der Waals surface area contributed by atoms with Gasteiger partial charge < -0.3 is 10.4 Å². The number of nitrogens with zero attached hydrogens (tertiary/aromatic N) is 2. The summed E-state index contributed by atoms with van der Waals surface area (Å²) in [6, 6.07) is 5.91. The average molecular weight is 289 g/mol. The lowest BCUT2D eigenvalue weighted by molar-refractivity contribution is -0.144. The highest BCUT2D eigenvalue weighted by molar-refractivity contribution is 6.21. The summed E-state index contributed by atoms with van der Waals surface area (Å²) in [6.45, 7) is 1.42. The van der Waals surface area contributed by atoms with Gasteiger partial charge in [-0.15, -0.1) is 0 Å². The number of carboxylic acid groups (broad SMARTS) is 1. The van der Waals surface area contributed by atoms with Crippen molar-refractivity contribution in [1.29, 1.82) is 0 Å². The minimum atomic E-state index is -0.959. The normalized spacial score (nSPS) is 22.5. The molecule has 1 saturated heterocycles. The highest BCUT2D eigenvalue weighted by atomic mass is 16.4. The van der Waals surface area contributed by atoms with Gasteiger partial charge in [-0.3, -0.25) is 24.2 Å². The topological polar surface area (TPSA) is 89.9 Å². The number of aliphatic carboxylic acids is 1. The molecule has 21 heavy (non-hydrogen) atoms. The third-order valence-corrected chi connectivity index (χ3v) is 3.84. The lowest BCUT2D eigenvalue weighted by atomic mass is 10.1. The molecule has 2 aliphatic heterocycles. The van der Waals surface area contributed by atoms with Crippen LogP contribution in [-0.2, 0) is 4.79 Å². The molecule has 2 amide bonds. The molecule has 3 rings (SSSR count). The van der Waals surface area contributed by atoms with E-state index in [9.17, 15) is 19.5 Å². The maximum atomic E-state index is 12.3. The Morgan fingerprint density at radius 2 is 1.86 bits per heavy atom. The average Bonchev–Trinajstić information content (AvgIpc) is 2.73. The molecule has 1 unspecified atom stereocenters. The Morgan fingerprint density at radius 3 is 2.43 bits per heavy atom. The van der Waals surface area contributed by atoms with Crippen LogP contribution in [0.1, 0.15) is 20.7 Å². The van der Waals surface area contributed by atoms with Crippen molar-refractivity contribution in [2.75, 3.05) is 26.3 Å². The van der Waals surface area contributed by atoms with E-state index in [1.165, 1.54) is 0 Å². The van der Waals surface area contributed by atoms with Crippen LogP contribution in [-0.4, -0.2) is 65.0 Å². The summed E-state index contributed by atoms with van der Waals surface area (Å²) in [5, 5.41) is 12.2. The van der Waals surface area contributed by atoms with Crippen molar-refractivity contribution >= 4 is 17.8 Å². The Morgan fingerprint density at radius 1 is 1.24 bits per heavy atom. The molecule has 0 spiro atoms. The number of piperazine rings is 1. The minimum Gasteiger partial charge on any atom is -0.480 e. The fraction of sp³-hybridized carbons (Fsp3) is 0.357. The van der Waals surface area contributed by atoms with Gasteiger partial charge in [0.25, 0.3) is 11.8 Å². The van der Waals surface area contributed by atoms with E-state index in [1.807, 2.05) is 0 Å². The van der Waals surface area contributed by atoms with Gasteiger partial charge in [0, 0.05) is 19.6 Å². The maximum absolute atomic E-state index is 12.3. The van der Waals surface area contributed by atoms with Crippen LogP contribution in [0.5, 0.6) is 0 Å². The second-order valence-corrected chi connectivity index (χ2v) is 5.10. The van der Waals surface area contributed by atoms with Gasteiger partial charge in [-0.2, -0.15) is 0 Å². The van der Waals surface area contributed by atoms with Gasteiger partial charge >= 0.3 is 5.97 Å². The van der Waals surface area contributed by atoms with Crippen molar-refractivity contribution < 1.29 is 19.5 Å². The first kappa shape index (κ1) is 13.7. The molecule has 0 bridgehead atoms. The van der Waals surface area contributed by atoms with Gasteiger partial charge in [-0.25, -0.2) is 0 Å². The van der Waals surface area contributed by atoms with Gasteiger partial charge in [-0.05, 0) is 12.1 Å². The second-order valence-electron chi connectivity index (χ2n) is 5.10. The molecule has 0 radical (unpaired) electrons. The predicted molar refractivity (Wildman–Crippen MR) is 72.8 cm³/mol. The van der Waals surface area contributed by atoms with Crippen LogP contribution >= 0.6 is 0 Å². The molecule has 1 aromatic rings. The Bertz CT molecular complexity index is 581. The lowest BCUT2D eigenvalue weighted by Gasteiger charge is -2.35. The summed E-state index contributed by atoms with van der Waals surface area (Å²) < 4.78 is 0. The minimum absolute atomic E-state index is 0.00495. The monoisotopic (exact) mass is 289 g/mol. The molecule has 2 aliphatic rings. The molecule has 1 atom stereocenters. The van der Waals surface area contributed by atoms with Gasteiger partial charge in [0.1, 0.15) is 6.04 Å². The standard InChI is InChI=1S/C14H15N3O4/c18-12-9-3-1-2-4-10(9)13(19)17(12)8-16-6-5-15-7-11(16)14(20)21/h1-4,11,15H,5-8H2,(H,20,21). The van der Waals surface area contributed by atoms with Crippen LogP contribution in [0.25, 0.3) is 0 Å². The molecule has 110 valence electrons. The first-order valence-corrected chi connectivity index (χ1v) is 6.72. The number of hydrogen-bond acceptors (Lipinski definition) is 5. The number of carbonyl (C=O) groups is 3. The van der Waals surface area contributed by atoms with Crippen molar-refractivity contribution in [3.63, 3.8) is 0 Å². The number of carbonyl (C=O) groups excluding carboxylic acids is 2. The molecule has 2 heterocycles. The zero-order valence-electron chi connectivity index (χ0n) is 11.3. The van der Waals surface area contributed by atoms with Gasteiger partial charge in [0.2, 0.25) is 0 Å². The Hall–Kier alpha value is -2.25. The van der Waals surface area contributed by atoms with Crippen LogP contribution in [0.2, 0.25) is 0 Å². The van der Waals surface area contributed by atoms with E-state index in [4.69, 9.17) is 0 Å². The van der Waals surface area contributed by atoms with Crippen molar-refractivity contribution in [3.05, 3.63) is 35.4 Å². The van der Waals surface area contributed by atoms with E-state index < -0.39 is 12.0 Å². The van der Waals surface area contributed by atoms with Crippen molar-refractivity contribution in [2.45, 2.75) is 6.04 Å². The van der Waals surface area contributed by atoms with Crippen molar-refractivity contribution in [2.24, 2.45) is 0 Å². The van der Waals surface area contributed by atoms with E-state index in [0.717, 1.165) is 4.90 Å². The number of hydrogen-bond donors (Lipinski definition) is 2. The number of nitrogens with one attached hydrogen (secondary N) is 1. The van der Waals surface area contributed by atoms with Crippen LogP contribution in [0.15, 0.2) is 24.3 Å². The third kappa shape index (κ3) is 2.30. The molecular formula is C14H15N3O4. The van der Waals surface area contributed by atoms with E-state index in [-0.39, 0.29) is 18.5 Å². The molecular weight excluding hydrogens is 274 g/mol. The lowest BCUT2D eigenvalue weighted by Crippen LogP contribution is -2.58. The fourth-order valence-electron chi connectivity index (χ4n) is 2.71. The largest absolute Gasteiger partial charge is 0.480 e. The summed E-state index contributed by atoms with van der Waals surface area (Å²) in [6.07, 6.45) is 0. The predicted octanol–water partition coefficient (Wildman–Crippen LogP) is -0.401. The molecule has 2 N–H and O–H groups in total. The number of benzene rings is 1. The summed E-state index contributed by atoms with van der Waals surface area (Å²) in [4.78, 5) is 38.6.